The van der Waals surface area contributed by atoms with Crippen LogP contribution in [0, 0.1) is 11.6 Å². The van der Waals surface area contributed by atoms with Crippen LogP contribution in [0.1, 0.15) is 54.6 Å². The summed E-state index contributed by atoms with van der Waals surface area (Å²) in [5.41, 5.74) is 0.589. The van der Waals surface area contributed by atoms with Crippen LogP contribution in [0.25, 0.3) is 11.1 Å². The van der Waals surface area contributed by atoms with Crippen molar-refractivity contribution in [1.82, 2.24) is 19.9 Å². The Morgan fingerprint density at radius 3 is 2.32 bits per heavy atom. The summed E-state index contributed by atoms with van der Waals surface area (Å²) in [4.78, 5) is 27.2. The number of anilines is 1. The Balaban J connectivity index is 1.76. The molecule has 4 rings (SSSR count). The Morgan fingerprint density at radius 1 is 1.03 bits per heavy atom. The molecule has 1 aliphatic heterocycles. The second kappa shape index (κ2) is 9.09. The fourth-order valence-electron chi connectivity index (χ4n) is 3.79. The minimum Gasteiger partial charge on any atom is -0.320 e. The zero-order valence-electron chi connectivity index (χ0n) is 18.8. The molecule has 1 aromatic carbocycles. The summed E-state index contributed by atoms with van der Waals surface area (Å²) in [6, 6.07) is 3.79. The summed E-state index contributed by atoms with van der Waals surface area (Å²) < 4.78 is 55.6. The Labute approximate surface area is 194 Å². The number of pyridine rings is 1. The number of aromatic nitrogens is 3. The van der Waals surface area contributed by atoms with E-state index in [1.54, 1.807) is 6.92 Å². The van der Waals surface area contributed by atoms with E-state index in [-0.39, 0.29) is 34.0 Å². The van der Waals surface area contributed by atoms with E-state index >= 15 is 0 Å². The van der Waals surface area contributed by atoms with Gasteiger partial charge >= 0.3 is 0 Å². The van der Waals surface area contributed by atoms with Crippen molar-refractivity contribution in [3.05, 3.63) is 71.6 Å². The van der Waals surface area contributed by atoms with Crippen LogP contribution < -0.4 is 5.32 Å². The first-order valence-electron chi connectivity index (χ1n) is 10.8. The maximum absolute atomic E-state index is 14.7. The van der Waals surface area contributed by atoms with Crippen LogP contribution in [-0.2, 0) is 0 Å². The smallest absolute Gasteiger partial charge is 0.272 e. The van der Waals surface area contributed by atoms with E-state index in [1.165, 1.54) is 29.6 Å². The highest BCUT2D eigenvalue weighted by molar-refractivity contribution is 6.06. The highest BCUT2D eigenvalue weighted by Crippen LogP contribution is 2.40. The monoisotopic (exact) mass is 473 g/mol. The number of carbonyl (C=O) groups excluding carboxylic acids is 1. The SMILES string of the molecule is CC(C)c1ncc(C(=O)Nc2c(-c3cc(F)ccc3F)ccnc2[C@@H](C)N2CC(F)(F)C2)cn1. The molecule has 1 saturated heterocycles. The quantitative estimate of drug-likeness (QED) is 0.498. The third-order valence-corrected chi connectivity index (χ3v) is 5.70. The molecule has 0 aliphatic carbocycles. The summed E-state index contributed by atoms with van der Waals surface area (Å²) in [5, 5.41) is 2.71. The topological polar surface area (TPSA) is 71.0 Å². The fraction of sp³-hybridized carbons (Fsp3) is 0.333. The van der Waals surface area contributed by atoms with Gasteiger partial charge in [-0.2, -0.15) is 0 Å². The minimum absolute atomic E-state index is 0.0695. The average Bonchev–Trinajstić information content (AvgIpc) is 2.78. The van der Waals surface area contributed by atoms with E-state index in [0.29, 0.717) is 5.82 Å². The lowest BCUT2D eigenvalue weighted by Gasteiger charge is -2.42. The highest BCUT2D eigenvalue weighted by Gasteiger charge is 2.46. The van der Waals surface area contributed by atoms with Crippen molar-refractivity contribution in [2.24, 2.45) is 0 Å². The van der Waals surface area contributed by atoms with Gasteiger partial charge in [0.1, 0.15) is 17.5 Å². The first-order chi connectivity index (χ1) is 16.1. The van der Waals surface area contributed by atoms with Crippen LogP contribution in [-0.4, -0.2) is 44.8 Å². The summed E-state index contributed by atoms with van der Waals surface area (Å²) in [7, 11) is 0. The van der Waals surface area contributed by atoms with E-state index in [1.807, 2.05) is 13.8 Å². The number of carbonyl (C=O) groups is 1. The van der Waals surface area contributed by atoms with Gasteiger partial charge in [0.25, 0.3) is 11.8 Å². The third kappa shape index (κ3) is 4.77. The molecule has 0 saturated carbocycles. The molecule has 1 atom stereocenters. The number of likely N-dealkylation sites (tertiary alicyclic amines) is 1. The Morgan fingerprint density at radius 2 is 1.71 bits per heavy atom. The van der Waals surface area contributed by atoms with E-state index in [4.69, 9.17) is 0 Å². The molecule has 1 N–H and O–H groups in total. The van der Waals surface area contributed by atoms with Crippen LogP contribution in [0.4, 0.5) is 23.2 Å². The molecule has 3 aromatic rings. The van der Waals surface area contributed by atoms with E-state index in [0.717, 1.165) is 18.2 Å². The molecule has 178 valence electrons. The van der Waals surface area contributed by atoms with Crippen LogP contribution in [0.3, 0.4) is 0 Å². The molecule has 0 unspecified atom stereocenters. The molecule has 3 heterocycles. The Hall–Kier alpha value is -3.40. The fourth-order valence-corrected chi connectivity index (χ4v) is 3.79. The summed E-state index contributed by atoms with van der Waals surface area (Å²) in [6.45, 7) is 4.56. The molecular weight excluding hydrogens is 450 g/mol. The van der Waals surface area contributed by atoms with Gasteiger partial charge in [-0.15, -0.1) is 0 Å². The average molecular weight is 473 g/mol. The number of rotatable bonds is 6. The normalized spacial score (nSPS) is 16.2. The van der Waals surface area contributed by atoms with Crippen molar-refractivity contribution in [1.29, 1.82) is 0 Å². The molecule has 0 radical (unpaired) electrons. The minimum atomic E-state index is -2.81. The number of benzene rings is 1. The number of nitrogens with one attached hydrogen (secondary N) is 1. The standard InChI is InChI=1S/C24H23F4N5O/c1-13(2)22-30-9-15(10-31-22)23(34)32-21-17(18-8-16(25)4-5-19(18)26)6-7-29-20(21)14(3)33-11-24(27,28)12-33/h4-10,13-14H,11-12H2,1-3H3,(H,32,34)/t14-/m1/s1. The summed E-state index contributed by atoms with van der Waals surface area (Å²) in [6.07, 6.45) is 4.12. The Bertz CT molecular complexity index is 1210. The highest BCUT2D eigenvalue weighted by atomic mass is 19.3. The van der Waals surface area contributed by atoms with Gasteiger partial charge in [-0.25, -0.2) is 27.5 Å². The van der Waals surface area contributed by atoms with Crippen LogP contribution >= 0.6 is 0 Å². The molecule has 0 bridgehead atoms. The van der Waals surface area contributed by atoms with Gasteiger partial charge in [-0.05, 0) is 31.2 Å². The van der Waals surface area contributed by atoms with Crippen molar-refractivity contribution in [3.8, 4) is 11.1 Å². The van der Waals surface area contributed by atoms with Gasteiger partial charge in [0, 0.05) is 35.6 Å². The van der Waals surface area contributed by atoms with Crippen molar-refractivity contribution in [3.63, 3.8) is 0 Å². The van der Waals surface area contributed by atoms with E-state index in [2.05, 4.69) is 20.3 Å². The van der Waals surface area contributed by atoms with E-state index < -0.39 is 42.6 Å². The van der Waals surface area contributed by atoms with Gasteiger partial charge in [0.15, 0.2) is 0 Å². The molecule has 0 spiro atoms. The van der Waals surface area contributed by atoms with E-state index in [9.17, 15) is 22.4 Å². The molecule has 6 nitrogen and oxygen atoms in total. The second-order valence-electron chi connectivity index (χ2n) is 8.62. The maximum atomic E-state index is 14.7. The summed E-state index contributed by atoms with van der Waals surface area (Å²) >= 11 is 0. The molecule has 1 amide bonds. The lowest BCUT2D eigenvalue weighted by atomic mass is 9.98. The first kappa shape index (κ1) is 23.7. The predicted octanol–water partition coefficient (Wildman–Crippen LogP) is 5.20. The molecule has 10 heteroatoms. The zero-order chi connectivity index (χ0) is 24.6. The lowest BCUT2D eigenvalue weighted by Crippen LogP contribution is -2.56. The third-order valence-electron chi connectivity index (χ3n) is 5.70. The van der Waals surface area contributed by atoms with Crippen molar-refractivity contribution >= 4 is 11.6 Å². The molecule has 34 heavy (non-hydrogen) atoms. The predicted molar refractivity (Wildman–Crippen MR) is 119 cm³/mol. The molecule has 1 fully saturated rings. The van der Waals surface area contributed by atoms with Gasteiger partial charge < -0.3 is 5.32 Å². The largest absolute Gasteiger partial charge is 0.320 e. The van der Waals surface area contributed by atoms with Gasteiger partial charge in [-0.3, -0.25) is 14.7 Å². The summed E-state index contributed by atoms with van der Waals surface area (Å²) in [5.74, 6) is -4.14. The number of nitrogens with zero attached hydrogens (tertiary/aromatic N) is 4. The lowest BCUT2D eigenvalue weighted by molar-refractivity contribution is -0.144. The molecule has 2 aromatic heterocycles. The van der Waals surface area contributed by atoms with Crippen molar-refractivity contribution in [2.75, 3.05) is 18.4 Å². The Kier molecular flexibility index (Phi) is 6.35. The molecule has 1 aliphatic rings. The second-order valence-corrected chi connectivity index (χ2v) is 8.62. The van der Waals surface area contributed by atoms with Crippen LogP contribution in [0.5, 0.6) is 0 Å². The van der Waals surface area contributed by atoms with Crippen molar-refractivity contribution in [2.45, 2.75) is 38.7 Å². The van der Waals surface area contributed by atoms with Gasteiger partial charge in [0.2, 0.25) is 0 Å². The van der Waals surface area contributed by atoms with Crippen LogP contribution in [0.15, 0.2) is 42.9 Å². The van der Waals surface area contributed by atoms with Gasteiger partial charge in [-0.1, -0.05) is 13.8 Å². The zero-order valence-corrected chi connectivity index (χ0v) is 18.8. The number of hydrogen-bond acceptors (Lipinski definition) is 5. The van der Waals surface area contributed by atoms with Crippen LogP contribution in [0.2, 0.25) is 0 Å². The first-order valence-corrected chi connectivity index (χ1v) is 10.8. The van der Waals surface area contributed by atoms with Crippen molar-refractivity contribution < 1.29 is 22.4 Å². The number of alkyl halides is 2. The van der Waals surface area contributed by atoms with Gasteiger partial charge in [0.05, 0.1) is 36.1 Å². The maximum Gasteiger partial charge on any atom is 0.272 e. The number of hydrogen-bond donors (Lipinski definition) is 1. The number of halogens is 4. The molecular formula is C24H23F4N5O. The number of amides is 1.